The van der Waals surface area contributed by atoms with Crippen LogP contribution in [0.3, 0.4) is 0 Å². The van der Waals surface area contributed by atoms with Crippen LogP contribution in [0.2, 0.25) is 0 Å². The molecular weight excluding hydrogens is 264 g/mol. The predicted molar refractivity (Wildman–Crippen MR) is 83.0 cm³/mol. The van der Waals surface area contributed by atoms with Gasteiger partial charge in [-0.15, -0.1) is 0 Å². The molecule has 1 atom stereocenters. The van der Waals surface area contributed by atoms with E-state index >= 15 is 0 Å². The Morgan fingerprint density at radius 1 is 1.38 bits per heavy atom. The topological polar surface area (TPSA) is 94.0 Å². The van der Waals surface area contributed by atoms with Crippen molar-refractivity contribution < 1.29 is 4.79 Å². The first kappa shape index (κ1) is 13.4. The number of nitrogens with one attached hydrogen (secondary N) is 1. The van der Waals surface area contributed by atoms with Crippen molar-refractivity contribution in [1.82, 2.24) is 4.98 Å². The van der Waals surface area contributed by atoms with Gasteiger partial charge in [-0.25, -0.2) is 4.98 Å². The van der Waals surface area contributed by atoms with Crippen LogP contribution >= 0.6 is 0 Å². The molecule has 2 aromatic rings. The Kier molecular flexibility index (Phi) is 3.25. The van der Waals surface area contributed by atoms with Gasteiger partial charge in [0, 0.05) is 11.9 Å². The van der Waals surface area contributed by atoms with Gasteiger partial charge in [0.25, 0.3) is 5.91 Å². The van der Waals surface area contributed by atoms with Crippen molar-refractivity contribution >= 4 is 17.4 Å². The lowest BCUT2D eigenvalue weighted by Crippen LogP contribution is -2.18. The van der Waals surface area contributed by atoms with Gasteiger partial charge in [0.15, 0.2) is 0 Å². The Balaban J connectivity index is 1.93. The molecule has 0 aliphatic heterocycles. The number of benzene rings is 1. The number of hydrogen-bond donors (Lipinski definition) is 3. The summed E-state index contributed by atoms with van der Waals surface area (Å²) in [5.41, 5.74) is 15.8. The van der Waals surface area contributed by atoms with Crippen molar-refractivity contribution in [2.75, 3.05) is 11.1 Å². The summed E-state index contributed by atoms with van der Waals surface area (Å²) in [6.07, 6.45) is 3.60. The molecule has 5 nitrogen and oxygen atoms in total. The van der Waals surface area contributed by atoms with Crippen LogP contribution in [0, 0.1) is 6.92 Å². The Morgan fingerprint density at radius 2 is 2.19 bits per heavy atom. The molecule has 0 fully saturated rings. The third-order valence-electron chi connectivity index (χ3n) is 3.96. The minimum Gasteiger partial charge on any atom is -0.399 e. The number of primary amides is 1. The van der Waals surface area contributed by atoms with Crippen LogP contribution in [0.15, 0.2) is 30.5 Å². The van der Waals surface area contributed by atoms with E-state index in [0.29, 0.717) is 11.4 Å². The summed E-state index contributed by atoms with van der Waals surface area (Å²) in [6.45, 7) is 1.86. The highest BCUT2D eigenvalue weighted by atomic mass is 16.1. The molecule has 1 amide bonds. The fourth-order valence-corrected chi connectivity index (χ4v) is 2.93. The molecule has 0 saturated carbocycles. The largest absolute Gasteiger partial charge is 0.399 e. The van der Waals surface area contributed by atoms with Crippen molar-refractivity contribution in [1.29, 1.82) is 0 Å². The molecule has 3 rings (SSSR count). The second-order valence-electron chi connectivity index (χ2n) is 5.41. The van der Waals surface area contributed by atoms with Gasteiger partial charge in [0.1, 0.15) is 5.82 Å². The quantitative estimate of drug-likeness (QED) is 0.752. The van der Waals surface area contributed by atoms with Gasteiger partial charge in [0.05, 0.1) is 11.6 Å². The average Bonchev–Trinajstić information content (AvgIpc) is 2.80. The van der Waals surface area contributed by atoms with Crippen molar-refractivity contribution in [3.8, 4) is 0 Å². The number of pyridine rings is 1. The van der Waals surface area contributed by atoms with Crippen molar-refractivity contribution in [2.45, 2.75) is 25.8 Å². The molecule has 0 spiro atoms. The Bertz CT molecular complexity index is 711. The lowest BCUT2D eigenvalue weighted by molar-refractivity contribution is 0.1000. The van der Waals surface area contributed by atoms with Crippen LogP contribution in [-0.4, -0.2) is 10.9 Å². The van der Waals surface area contributed by atoms with Crippen LogP contribution in [0.5, 0.6) is 0 Å². The summed E-state index contributed by atoms with van der Waals surface area (Å²) in [7, 11) is 0. The first-order valence-corrected chi connectivity index (χ1v) is 6.96. The van der Waals surface area contributed by atoms with Gasteiger partial charge in [-0.1, -0.05) is 6.07 Å². The maximum Gasteiger partial charge on any atom is 0.252 e. The van der Waals surface area contributed by atoms with Crippen molar-refractivity contribution in [2.24, 2.45) is 5.73 Å². The van der Waals surface area contributed by atoms with E-state index in [-0.39, 0.29) is 6.04 Å². The molecule has 0 bridgehead atoms. The van der Waals surface area contributed by atoms with E-state index in [2.05, 4.69) is 10.3 Å². The number of nitrogens with two attached hydrogens (primary N) is 2. The molecule has 1 aliphatic rings. The van der Waals surface area contributed by atoms with E-state index in [0.717, 1.165) is 24.1 Å². The maximum atomic E-state index is 11.6. The molecule has 0 radical (unpaired) electrons. The lowest BCUT2D eigenvalue weighted by atomic mass is 10.1. The Hall–Kier alpha value is -2.56. The number of hydrogen-bond acceptors (Lipinski definition) is 4. The van der Waals surface area contributed by atoms with Gasteiger partial charge in [-0.05, 0) is 54.7 Å². The fraction of sp³-hybridized carbons (Fsp3) is 0.250. The summed E-state index contributed by atoms with van der Waals surface area (Å²) in [5.74, 6) is 0.0933. The monoisotopic (exact) mass is 282 g/mol. The SMILES string of the molecule is Cc1ccnc(NC2CCc3cc(N)ccc32)c1C(N)=O. The number of amides is 1. The molecule has 1 aromatic carbocycles. The third-order valence-corrected chi connectivity index (χ3v) is 3.96. The molecular formula is C16H18N4O. The minimum atomic E-state index is -0.460. The number of nitrogen functional groups attached to an aromatic ring is 1. The Morgan fingerprint density at radius 3 is 2.95 bits per heavy atom. The molecule has 1 unspecified atom stereocenters. The molecule has 1 aromatic heterocycles. The van der Waals surface area contributed by atoms with Crippen LogP contribution in [-0.2, 0) is 6.42 Å². The number of fused-ring (bicyclic) bond motifs is 1. The standard InChI is InChI=1S/C16H18N4O/c1-9-6-7-19-16(14(9)15(18)21)20-13-5-2-10-8-11(17)3-4-12(10)13/h3-4,6-8,13H,2,5,17H2,1H3,(H2,18,21)(H,19,20). The van der Waals surface area contributed by atoms with Crippen LogP contribution in [0.1, 0.15) is 39.5 Å². The van der Waals surface area contributed by atoms with Crippen molar-refractivity contribution in [3.63, 3.8) is 0 Å². The molecule has 5 N–H and O–H groups in total. The molecule has 21 heavy (non-hydrogen) atoms. The maximum absolute atomic E-state index is 11.6. The Labute approximate surface area is 123 Å². The minimum absolute atomic E-state index is 0.132. The highest BCUT2D eigenvalue weighted by Gasteiger charge is 2.24. The number of rotatable bonds is 3. The van der Waals surface area contributed by atoms with E-state index < -0.39 is 5.91 Å². The number of anilines is 2. The van der Waals surface area contributed by atoms with E-state index in [1.54, 1.807) is 12.3 Å². The first-order chi connectivity index (χ1) is 10.1. The van der Waals surface area contributed by atoms with Gasteiger partial charge in [-0.2, -0.15) is 0 Å². The van der Waals surface area contributed by atoms with Gasteiger partial charge >= 0.3 is 0 Å². The highest BCUT2D eigenvalue weighted by Crippen LogP contribution is 2.35. The summed E-state index contributed by atoms with van der Waals surface area (Å²) in [4.78, 5) is 15.9. The first-order valence-electron chi connectivity index (χ1n) is 6.96. The predicted octanol–water partition coefficient (Wildman–Crippen LogP) is 2.17. The number of carbonyl (C=O) groups is 1. The number of aryl methyl sites for hydroxylation is 2. The van der Waals surface area contributed by atoms with Crippen LogP contribution < -0.4 is 16.8 Å². The number of carbonyl (C=O) groups excluding carboxylic acids is 1. The third kappa shape index (κ3) is 2.42. The lowest BCUT2D eigenvalue weighted by Gasteiger charge is -2.17. The van der Waals surface area contributed by atoms with E-state index in [9.17, 15) is 4.79 Å². The summed E-state index contributed by atoms with van der Waals surface area (Å²) in [5, 5.41) is 3.35. The van der Waals surface area contributed by atoms with Gasteiger partial charge < -0.3 is 16.8 Å². The van der Waals surface area contributed by atoms with E-state index in [1.165, 1.54) is 11.1 Å². The van der Waals surface area contributed by atoms with Gasteiger partial charge in [0.2, 0.25) is 0 Å². The molecule has 108 valence electrons. The normalized spacial score (nSPS) is 16.5. The van der Waals surface area contributed by atoms with Crippen LogP contribution in [0.4, 0.5) is 11.5 Å². The summed E-state index contributed by atoms with van der Waals surface area (Å²) < 4.78 is 0. The highest BCUT2D eigenvalue weighted by molar-refractivity contribution is 5.99. The number of aromatic nitrogens is 1. The molecule has 5 heteroatoms. The zero-order valence-corrected chi connectivity index (χ0v) is 11.9. The van der Waals surface area contributed by atoms with E-state index in [1.807, 2.05) is 25.1 Å². The van der Waals surface area contributed by atoms with Crippen molar-refractivity contribution in [3.05, 3.63) is 52.7 Å². The zero-order chi connectivity index (χ0) is 15.0. The van der Waals surface area contributed by atoms with Crippen LogP contribution in [0.25, 0.3) is 0 Å². The zero-order valence-electron chi connectivity index (χ0n) is 11.9. The second kappa shape index (κ2) is 5.09. The smallest absolute Gasteiger partial charge is 0.252 e. The molecule has 1 heterocycles. The van der Waals surface area contributed by atoms with Gasteiger partial charge in [-0.3, -0.25) is 4.79 Å². The molecule has 1 aliphatic carbocycles. The fourth-order valence-electron chi connectivity index (χ4n) is 2.93. The average molecular weight is 282 g/mol. The molecule has 0 saturated heterocycles. The second-order valence-corrected chi connectivity index (χ2v) is 5.41. The van der Waals surface area contributed by atoms with E-state index in [4.69, 9.17) is 11.5 Å². The summed E-state index contributed by atoms with van der Waals surface area (Å²) >= 11 is 0. The summed E-state index contributed by atoms with van der Waals surface area (Å²) in [6, 6.07) is 7.87. The number of nitrogens with zero attached hydrogens (tertiary/aromatic N) is 1.